The van der Waals surface area contributed by atoms with Crippen LogP contribution in [0.4, 0.5) is 5.69 Å². The van der Waals surface area contributed by atoms with Crippen LogP contribution in [0.5, 0.6) is 0 Å². The molecule has 0 saturated heterocycles. The molecule has 25 heavy (non-hydrogen) atoms. The number of nitrogens with zero attached hydrogens (tertiary/aromatic N) is 2. The van der Waals surface area contributed by atoms with E-state index in [1.807, 2.05) is 24.1 Å². The number of benzene rings is 1. The summed E-state index contributed by atoms with van der Waals surface area (Å²) in [6.45, 7) is 4.92. The highest BCUT2D eigenvalue weighted by Crippen LogP contribution is 2.29. The molecular formula is C19H25Cl2N3O. The molecule has 1 heterocycles. The van der Waals surface area contributed by atoms with Crippen LogP contribution in [0.3, 0.4) is 0 Å². The second-order valence-electron chi connectivity index (χ2n) is 6.29. The topological polar surface area (TPSA) is 44.7 Å². The first-order chi connectivity index (χ1) is 12.0. The number of hydrogen-bond acceptors (Lipinski definition) is 3. The summed E-state index contributed by atoms with van der Waals surface area (Å²) in [6.07, 6.45) is 9.04. The average molecular weight is 382 g/mol. The predicted molar refractivity (Wildman–Crippen MR) is 106 cm³/mol. The maximum absolute atomic E-state index is 12.1. The summed E-state index contributed by atoms with van der Waals surface area (Å²) in [5.74, 6) is 0.802. The van der Waals surface area contributed by atoms with Gasteiger partial charge >= 0.3 is 0 Å². The number of amidine groups is 1. The second kappa shape index (κ2) is 9.83. The molecule has 0 radical (unpaired) electrons. The highest BCUT2D eigenvalue weighted by molar-refractivity contribution is 6.42. The van der Waals surface area contributed by atoms with E-state index in [2.05, 4.69) is 23.4 Å². The third-order valence-corrected chi connectivity index (χ3v) is 4.79. The maximum Gasteiger partial charge on any atom is 0.229 e. The fourth-order valence-corrected chi connectivity index (χ4v) is 2.88. The van der Waals surface area contributed by atoms with Gasteiger partial charge in [0, 0.05) is 12.3 Å². The third kappa shape index (κ3) is 6.05. The molecule has 136 valence electrons. The van der Waals surface area contributed by atoms with Gasteiger partial charge in [-0.2, -0.15) is 5.10 Å². The number of unbranched alkanes of at least 4 members (excludes halogenated alkanes) is 3. The van der Waals surface area contributed by atoms with Crippen molar-refractivity contribution in [1.82, 2.24) is 5.32 Å². The van der Waals surface area contributed by atoms with Crippen molar-refractivity contribution in [3.63, 3.8) is 0 Å². The number of allylic oxidation sites excluding steroid dienone is 1. The van der Waals surface area contributed by atoms with Crippen LogP contribution in [0.2, 0.25) is 10.0 Å². The molecule has 0 aliphatic carbocycles. The Kier molecular flexibility index (Phi) is 7.79. The van der Waals surface area contributed by atoms with Crippen LogP contribution in [-0.2, 0) is 4.79 Å². The summed E-state index contributed by atoms with van der Waals surface area (Å²) in [4.78, 5) is 12.1. The summed E-state index contributed by atoms with van der Waals surface area (Å²) in [5.41, 5.74) is 0.862. The van der Waals surface area contributed by atoms with Gasteiger partial charge in [0.05, 0.1) is 22.3 Å². The second-order valence-corrected chi connectivity index (χ2v) is 7.10. The quantitative estimate of drug-likeness (QED) is 0.507. The Morgan fingerprint density at radius 2 is 2.12 bits per heavy atom. The standard InChI is InChI=1S/C19H25Cl2N3O/c1-3-4-5-6-7-8-9-18(25)22-19-14(2)13-24(23-19)15-10-11-16(20)17(21)12-15/h7-8,10-12,14H,3-6,9,13H2,1-2H3,(H,22,23,25)/b8-7-/t14-/m0/s1. The lowest BCUT2D eigenvalue weighted by atomic mass is 10.1. The Bertz CT molecular complexity index is 658. The summed E-state index contributed by atoms with van der Waals surface area (Å²) in [6, 6.07) is 5.40. The van der Waals surface area contributed by atoms with Crippen LogP contribution in [-0.4, -0.2) is 18.3 Å². The van der Waals surface area contributed by atoms with Gasteiger partial charge in [0.2, 0.25) is 5.91 Å². The van der Waals surface area contributed by atoms with E-state index in [4.69, 9.17) is 23.2 Å². The Balaban J connectivity index is 1.88. The first-order valence-corrected chi connectivity index (χ1v) is 9.52. The number of amides is 1. The molecule has 1 aliphatic rings. The first-order valence-electron chi connectivity index (χ1n) is 8.77. The lowest BCUT2D eigenvalue weighted by molar-refractivity contribution is -0.118. The van der Waals surface area contributed by atoms with E-state index in [1.54, 1.807) is 12.1 Å². The molecule has 1 aromatic rings. The van der Waals surface area contributed by atoms with Gasteiger partial charge in [0.15, 0.2) is 0 Å². The van der Waals surface area contributed by atoms with Gasteiger partial charge in [-0.05, 0) is 31.0 Å². The van der Waals surface area contributed by atoms with Crippen molar-refractivity contribution in [1.29, 1.82) is 0 Å². The van der Waals surface area contributed by atoms with E-state index in [0.29, 0.717) is 28.8 Å². The van der Waals surface area contributed by atoms with E-state index in [-0.39, 0.29) is 11.8 Å². The molecule has 1 N–H and O–H groups in total. The Morgan fingerprint density at radius 1 is 1.32 bits per heavy atom. The predicted octanol–water partition coefficient (Wildman–Crippen LogP) is 5.41. The normalized spacial score (nSPS) is 17.2. The molecule has 0 fully saturated rings. The molecule has 1 aromatic carbocycles. The zero-order valence-corrected chi connectivity index (χ0v) is 16.3. The van der Waals surface area contributed by atoms with Crippen molar-refractivity contribution in [2.45, 2.75) is 46.0 Å². The van der Waals surface area contributed by atoms with Gasteiger partial charge < -0.3 is 5.32 Å². The van der Waals surface area contributed by atoms with Gasteiger partial charge in [0.1, 0.15) is 5.84 Å². The van der Waals surface area contributed by atoms with Crippen molar-refractivity contribution in [2.24, 2.45) is 11.0 Å². The number of carbonyl (C=O) groups excluding carboxylic acids is 1. The summed E-state index contributed by atoms with van der Waals surface area (Å²) in [5, 5.41) is 10.3. The fraction of sp³-hybridized carbons (Fsp3) is 0.474. The SMILES string of the molecule is CCCCC/C=C\CC(=O)NC1=NN(c2ccc(Cl)c(Cl)c2)C[C@@H]1C. The average Bonchev–Trinajstić information content (AvgIpc) is 2.94. The number of nitrogens with one attached hydrogen (secondary N) is 1. The number of rotatable bonds is 7. The zero-order chi connectivity index (χ0) is 18.2. The minimum Gasteiger partial charge on any atom is -0.312 e. The number of halogens is 2. The molecule has 0 saturated carbocycles. The fourth-order valence-electron chi connectivity index (χ4n) is 2.59. The monoisotopic (exact) mass is 381 g/mol. The van der Waals surface area contributed by atoms with Gasteiger partial charge in [-0.1, -0.05) is 62.0 Å². The molecule has 0 bridgehead atoms. The molecule has 0 aromatic heterocycles. The van der Waals surface area contributed by atoms with Crippen molar-refractivity contribution >= 4 is 40.6 Å². The Hall–Kier alpha value is -1.52. The van der Waals surface area contributed by atoms with Gasteiger partial charge in [-0.15, -0.1) is 0 Å². The van der Waals surface area contributed by atoms with Gasteiger partial charge in [0.25, 0.3) is 0 Å². The highest BCUT2D eigenvalue weighted by Gasteiger charge is 2.25. The molecule has 0 spiro atoms. The molecule has 1 aliphatic heterocycles. The number of carbonyl (C=O) groups is 1. The number of hydrazone groups is 1. The third-order valence-electron chi connectivity index (χ3n) is 4.06. The summed E-state index contributed by atoms with van der Waals surface area (Å²) in [7, 11) is 0. The van der Waals surface area contributed by atoms with E-state index < -0.39 is 0 Å². The molecule has 4 nitrogen and oxygen atoms in total. The summed E-state index contributed by atoms with van der Waals surface area (Å²) >= 11 is 12.0. The summed E-state index contributed by atoms with van der Waals surface area (Å²) < 4.78 is 0. The molecule has 1 amide bonds. The van der Waals surface area contributed by atoms with E-state index in [1.165, 1.54) is 19.3 Å². The highest BCUT2D eigenvalue weighted by atomic mass is 35.5. The van der Waals surface area contributed by atoms with E-state index >= 15 is 0 Å². The van der Waals surface area contributed by atoms with E-state index in [0.717, 1.165) is 12.1 Å². The minimum absolute atomic E-state index is 0.0340. The maximum atomic E-state index is 12.1. The number of anilines is 1. The van der Waals surface area contributed by atoms with Crippen LogP contribution < -0.4 is 10.3 Å². The molecule has 1 atom stereocenters. The van der Waals surface area contributed by atoms with Gasteiger partial charge in [-0.25, -0.2) is 0 Å². The van der Waals surface area contributed by atoms with Crippen LogP contribution >= 0.6 is 23.2 Å². The minimum atomic E-state index is -0.0340. The first kappa shape index (κ1) is 19.8. The smallest absolute Gasteiger partial charge is 0.229 e. The molecular weight excluding hydrogens is 357 g/mol. The number of hydrogen-bond donors (Lipinski definition) is 1. The Labute approximate surface area is 159 Å². The van der Waals surface area contributed by atoms with Crippen LogP contribution in [0.25, 0.3) is 0 Å². The van der Waals surface area contributed by atoms with Gasteiger partial charge in [-0.3, -0.25) is 9.80 Å². The zero-order valence-electron chi connectivity index (χ0n) is 14.8. The molecule has 0 unspecified atom stereocenters. The van der Waals surface area contributed by atoms with Crippen molar-refractivity contribution in [3.05, 3.63) is 40.4 Å². The lowest BCUT2D eigenvalue weighted by Crippen LogP contribution is -2.33. The van der Waals surface area contributed by atoms with Crippen molar-refractivity contribution in [2.75, 3.05) is 11.6 Å². The molecule has 2 rings (SSSR count). The van der Waals surface area contributed by atoms with Crippen molar-refractivity contribution in [3.8, 4) is 0 Å². The molecule has 6 heteroatoms. The van der Waals surface area contributed by atoms with Crippen LogP contribution in [0, 0.1) is 5.92 Å². The van der Waals surface area contributed by atoms with Crippen molar-refractivity contribution < 1.29 is 4.79 Å². The van der Waals surface area contributed by atoms with Crippen LogP contribution in [0.1, 0.15) is 46.0 Å². The largest absolute Gasteiger partial charge is 0.312 e. The van der Waals surface area contributed by atoms with Crippen LogP contribution in [0.15, 0.2) is 35.5 Å². The Morgan fingerprint density at radius 3 is 2.84 bits per heavy atom. The lowest BCUT2D eigenvalue weighted by Gasteiger charge is -2.14. The van der Waals surface area contributed by atoms with E-state index in [9.17, 15) is 4.79 Å².